The summed E-state index contributed by atoms with van der Waals surface area (Å²) in [4.78, 5) is 23.7. The maximum atomic E-state index is 12.4. The fraction of sp³-hybridized carbons (Fsp3) is 0.867. The molecule has 1 rings (SSSR count). The molecule has 0 radical (unpaired) electrons. The molecule has 0 aromatic carbocycles. The van der Waals surface area contributed by atoms with Crippen molar-refractivity contribution in [2.24, 2.45) is 16.7 Å². The molecule has 1 aliphatic carbocycles. The van der Waals surface area contributed by atoms with Gasteiger partial charge in [-0.05, 0) is 30.6 Å². The highest BCUT2D eigenvalue weighted by atomic mass is 16.5. The Labute approximate surface area is 110 Å². The van der Waals surface area contributed by atoms with Crippen molar-refractivity contribution in [1.82, 2.24) is 0 Å². The van der Waals surface area contributed by atoms with Gasteiger partial charge in [-0.25, -0.2) is 0 Å². The first-order valence-corrected chi connectivity index (χ1v) is 6.94. The van der Waals surface area contributed by atoms with Crippen molar-refractivity contribution in [2.75, 3.05) is 6.61 Å². The van der Waals surface area contributed by atoms with Crippen molar-refractivity contribution in [2.45, 2.75) is 60.3 Å². The quantitative estimate of drug-likeness (QED) is 0.706. The van der Waals surface area contributed by atoms with Crippen molar-refractivity contribution in [3.05, 3.63) is 0 Å². The Kier molecular flexibility index (Phi) is 4.57. The van der Waals surface area contributed by atoms with Crippen LogP contribution in [0.5, 0.6) is 0 Å². The SMILES string of the molecule is CCCC(=O)OCC(=O)[C@]1(C)CC[C@@H](C)C1(C)C. The van der Waals surface area contributed by atoms with Crippen molar-refractivity contribution in [1.29, 1.82) is 0 Å². The third kappa shape index (κ3) is 2.60. The monoisotopic (exact) mass is 254 g/mol. The summed E-state index contributed by atoms with van der Waals surface area (Å²) in [7, 11) is 0. The summed E-state index contributed by atoms with van der Waals surface area (Å²) in [5.74, 6) is 0.331. The van der Waals surface area contributed by atoms with E-state index in [1.54, 1.807) is 0 Å². The van der Waals surface area contributed by atoms with Crippen LogP contribution in [0, 0.1) is 16.7 Å². The van der Waals surface area contributed by atoms with Gasteiger partial charge in [0, 0.05) is 11.8 Å². The average molecular weight is 254 g/mol. The Morgan fingerprint density at radius 1 is 1.28 bits per heavy atom. The Balaban J connectivity index is 2.64. The van der Waals surface area contributed by atoms with Crippen LogP contribution in [0.1, 0.15) is 60.3 Å². The maximum absolute atomic E-state index is 12.4. The number of carbonyl (C=O) groups excluding carboxylic acids is 2. The summed E-state index contributed by atoms with van der Waals surface area (Å²) in [6.07, 6.45) is 3.11. The maximum Gasteiger partial charge on any atom is 0.306 e. The van der Waals surface area contributed by atoms with E-state index in [-0.39, 0.29) is 29.2 Å². The number of rotatable bonds is 5. The molecule has 0 bridgehead atoms. The summed E-state index contributed by atoms with van der Waals surface area (Å²) in [5.41, 5.74) is -0.389. The Hall–Kier alpha value is -0.860. The van der Waals surface area contributed by atoms with E-state index in [4.69, 9.17) is 4.74 Å². The normalized spacial score (nSPS) is 30.2. The zero-order valence-electron chi connectivity index (χ0n) is 12.3. The molecule has 0 aromatic rings. The van der Waals surface area contributed by atoms with E-state index in [0.717, 1.165) is 19.3 Å². The lowest BCUT2D eigenvalue weighted by molar-refractivity contribution is -0.152. The molecule has 0 aromatic heterocycles. The number of carbonyl (C=O) groups is 2. The molecule has 0 unspecified atom stereocenters. The van der Waals surface area contributed by atoms with Gasteiger partial charge in [-0.2, -0.15) is 0 Å². The minimum atomic E-state index is -0.362. The molecule has 0 saturated heterocycles. The summed E-state index contributed by atoms with van der Waals surface area (Å²) in [6.45, 7) is 10.4. The molecule has 0 aliphatic heterocycles. The molecule has 3 heteroatoms. The van der Waals surface area contributed by atoms with E-state index in [2.05, 4.69) is 20.8 Å². The van der Waals surface area contributed by atoms with E-state index in [9.17, 15) is 9.59 Å². The Morgan fingerprint density at radius 3 is 2.33 bits per heavy atom. The standard InChI is InChI=1S/C15H26O3/c1-6-7-13(17)18-10-12(16)15(5)9-8-11(2)14(15,3)4/h11H,6-10H2,1-5H3/t11-,15+/m1/s1. The van der Waals surface area contributed by atoms with Crippen LogP contribution in [-0.2, 0) is 14.3 Å². The first-order valence-electron chi connectivity index (χ1n) is 6.94. The number of ketones is 1. The van der Waals surface area contributed by atoms with Crippen LogP contribution >= 0.6 is 0 Å². The number of esters is 1. The van der Waals surface area contributed by atoms with Crippen LogP contribution in [0.15, 0.2) is 0 Å². The third-order valence-electron chi connectivity index (χ3n) is 5.17. The average Bonchev–Trinajstić information content (AvgIpc) is 2.51. The van der Waals surface area contributed by atoms with Crippen LogP contribution in [0.4, 0.5) is 0 Å². The molecule has 0 heterocycles. The van der Waals surface area contributed by atoms with Crippen molar-refractivity contribution in [3.63, 3.8) is 0 Å². The van der Waals surface area contributed by atoms with E-state index >= 15 is 0 Å². The van der Waals surface area contributed by atoms with E-state index < -0.39 is 0 Å². The van der Waals surface area contributed by atoms with Crippen LogP contribution in [0.25, 0.3) is 0 Å². The predicted molar refractivity (Wildman–Crippen MR) is 71.2 cm³/mol. The second-order valence-electron chi connectivity index (χ2n) is 6.33. The molecule has 104 valence electrons. The highest BCUT2D eigenvalue weighted by Gasteiger charge is 2.53. The zero-order chi connectivity index (χ0) is 14.0. The van der Waals surface area contributed by atoms with Gasteiger partial charge in [0.2, 0.25) is 0 Å². The second-order valence-corrected chi connectivity index (χ2v) is 6.33. The lowest BCUT2D eigenvalue weighted by Gasteiger charge is -2.39. The largest absolute Gasteiger partial charge is 0.458 e. The first-order chi connectivity index (χ1) is 8.25. The van der Waals surface area contributed by atoms with E-state index in [1.807, 2.05) is 13.8 Å². The molecule has 3 nitrogen and oxygen atoms in total. The van der Waals surface area contributed by atoms with Gasteiger partial charge >= 0.3 is 5.97 Å². The molecular weight excluding hydrogens is 228 g/mol. The van der Waals surface area contributed by atoms with Gasteiger partial charge < -0.3 is 4.74 Å². The fourth-order valence-corrected chi connectivity index (χ4v) is 2.81. The fourth-order valence-electron chi connectivity index (χ4n) is 2.81. The van der Waals surface area contributed by atoms with Crippen LogP contribution in [-0.4, -0.2) is 18.4 Å². The first kappa shape index (κ1) is 15.2. The smallest absolute Gasteiger partial charge is 0.306 e. The van der Waals surface area contributed by atoms with Gasteiger partial charge in [-0.1, -0.05) is 34.6 Å². The van der Waals surface area contributed by atoms with Gasteiger partial charge in [-0.15, -0.1) is 0 Å². The highest BCUT2D eigenvalue weighted by molar-refractivity contribution is 5.88. The second kappa shape index (κ2) is 5.41. The molecule has 1 aliphatic rings. The lowest BCUT2D eigenvalue weighted by Crippen LogP contribution is -2.42. The summed E-state index contributed by atoms with van der Waals surface area (Å²) in [6, 6.07) is 0. The van der Waals surface area contributed by atoms with E-state index in [1.165, 1.54) is 0 Å². The van der Waals surface area contributed by atoms with Gasteiger partial charge in [0.1, 0.15) is 0 Å². The molecule has 0 spiro atoms. The molecule has 1 saturated carbocycles. The van der Waals surface area contributed by atoms with Gasteiger partial charge in [0.05, 0.1) is 0 Å². The van der Waals surface area contributed by atoms with Crippen LogP contribution in [0.3, 0.4) is 0 Å². The zero-order valence-corrected chi connectivity index (χ0v) is 12.3. The number of Topliss-reactive ketones (excluding diaryl/α,β-unsaturated/α-hetero) is 1. The van der Waals surface area contributed by atoms with Crippen LogP contribution < -0.4 is 0 Å². The van der Waals surface area contributed by atoms with Crippen molar-refractivity contribution in [3.8, 4) is 0 Å². The van der Waals surface area contributed by atoms with Crippen molar-refractivity contribution < 1.29 is 14.3 Å². The predicted octanol–water partition coefficient (Wildman–Crippen LogP) is 3.36. The molecule has 2 atom stereocenters. The van der Waals surface area contributed by atoms with Gasteiger partial charge in [0.25, 0.3) is 0 Å². The summed E-state index contributed by atoms with van der Waals surface area (Å²) >= 11 is 0. The highest BCUT2D eigenvalue weighted by Crippen LogP contribution is 2.56. The number of hydrogen-bond donors (Lipinski definition) is 0. The number of hydrogen-bond acceptors (Lipinski definition) is 3. The lowest BCUT2D eigenvalue weighted by atomic mass is 9.64. The van der Waals surface area contributed by atoms with Crippen molar-refractivity contribution >= 4 is 11.8 Å². The minimum absolute atomic E-state index is 0.0265. The molecular formula is C15H26O3. The molecule has 1 fully saturated rings. The Bertz CT molecular complexity index is 333. The third-order valence-corrected chi connectivity index (χ3v) is 5.17. The van der Waals surface area contributed by atoms with Crippen LogP contribution in [0.2, 0.25) is 0 Å². The topological polar surface area (TPSA) is 43.4 Å². The Morgan fingerprint density at radius 2 is 1.89 bits per heavy atom. The molecule has 0 N–H and O–H groups in total. The van der Waals surface area contributed by atoms with Gasteiger partial charge in [0.15, 0.2) is 12.4 Å². The van der Waals surface area contributed by atoms with Gasteiger partial charge in [-0.3, -0.25) is 9.59 Å². The minimum Gasteiger partial charge on any atom is -0.458 e. The molecule has 0 amide bonds. The summed E-state index contributed by atoms with van der Waals surface area (Å²) < 4.78 is 5.06. The summed E-state index contributed by atoms with van der Waals surface area (Å²) in [5, 5.41) is 0. The molecule has 18 heavy (non-hydrogen) atoms. The number of ether oxygens (including phenoxy) is 1. The van der Waals surface area contributed by atoms with E-state index in [0.29, 0.717) is 12.3 Å².